The van der Waals surface area contributed by atoms with E-state index in [0.29, 0.717) is 12.5 Å². The van der Waals surface area contributed by atoms with Crippen LogP contribution < -0.4 is 10.5 Å². The van der Waals surface area contributed by atoms with E-state index in [1.165, 1.54) is 5.56 Å². The Kier molecular flexibility index (Phi) is 5.74. The van der Waals surface area contributed by atoms with Crippen molar-refractivity contribution in [2.24, 2.45) is 11.7 Å². The van der Waals surface area contributed by atoms with E-state index in [9.17, 15) is 4.79 Å². The van der Waals surface area contributed by atoms with Gasteiger partial charge in [0.25, 0.3) is 5.91 Å². The molecule has 0 saturated carbocycles. The quantitative estimate of drug-likeness (QED) is 0.895. The van der Waals surface area contributed by atoms with Gasteiger partial charge in [0.15, 0.2) is 0 Å². The molecule has 0 spiro atoms. The van der Waals surface area contributed by atoms with Crippen molar-refractivity contribution in [1.29, 1.82) is 0 Å². The van der Waals surface area contributed by atoms with E-state index in [1.54, 1.807) is 7.11 Å². The minimum atomic E-state index is -0.267. The first kappa shape index (κ1) is 17.2. The maximum absolute atomic E-state index is 12.5. The summed E-state index contributed by atoms with van der Waals surface area (Å²) in [5.41, 5.74) is 6.96. The Balaban J connectivity index is 1.46. The lowest BCUT2D eigenvalue weighted by Gasteiger charge is -2.33. The summed E-state index contributed by atoms with van der Waals surface area (Å²) in [5.74, 6) is 1.70. The molecule has 5 nitrogen and oxygen atoms in total. The first-order valence-corrected chi connectivity index (χ1v) is 8.97. The van der Waals surface area contributed by atoms with E-state index < -0.39 is 0 Å². The predicted molar refractivity (Wildman–Crippen MR) is 93.0 cm³/mol. The van der Waals surface area contributed by atoms with Crippen LogP contribution in [-0.4, -0.2) is 49.8 Å². The van der Waals surface area contributed by atoms with Gasteiger partial charge in [-0.05, 0) is 55.7 Å². The molecule has 1 amide bonds. The number of hydrogen-bond donors (Lipinski definition) is 1. The minimum Gasteiger partial charge on any atom is -0.497 e. The van der Waals surface area contributed by atoms with Crippen molar-refractivity contribution in [3.05, 3.63) is 29.8 Å². The second-order valence-electron chi connectivity index (χ2n) is 6.88. The third kappa shape index (κ3) is 4.08. The van der Waals surface area contributed by atoms with Crippen LogP contribution in [0.1, 0.15) is 31.2 Å². The number of nitrogens with zero attached hydrogens (tertiary/aromatic N) is 1. The maximum atomic E-state index is 12.5. The SMILES string of the molecule is COc1ccc(CC2CCN(C(=O)[C@@H]3CC[C@H](CN)O3)CC2)cc1. The van der Waals surface area contributed by atoms with Gasteiger partial charge in [-0.25, -0.2) is 0 Å². The van der Waals surface area contributed by atoms with Crippen LogP contribution in [0.15, 0.2) is 24.3 Å². The summed E-state index contributed by atoms with van der Waals surface area (Å²) >= 11 is 0. The summed E-state index contributed by atoms with van der Waals surface area (Å²) < 4.78 is 10.9. The molecule has 2 atom stereocenters. The topological polar surface area (TPSA) is 64.8 Å². The molecule has 3 rings (SSSR count). The van der Waals surface area contributed by atoms with Gasteiger partial charge in [0.2, 0.25) is 0 Å². The van der Waals surface area contributed by atoms with Crippen LogP contribution >= 0.6 is 0 Å². The fraction of sp³-hybridized carbons (Fsp3) is 0.632. The van der Waals surface area contributed by atoms with Gasteiger partial charge in [0, 0.05) is 19.6 Å². The van der Waals surface area contributed by atoms with Gasteiger partial charge < -0.3 is 20.1 Å². The Morgan fingerprint density at radius 2 is 1.92 bits per heavy atom. The molecule has 2 saturated heterocycles. The van der Waals surface area contributed by atoms with E-state index >= 15 is 0 Å². The van der Waals surface area contributed by atoms with E-state index in [1.807, 2.05) is 17.0 Å². The Morgan fingerprint density at radius 1 is 1.21 bits per heavy atom. The third-order valence-electron chi connectivity index (χ3n) is 5.26. The van der Waals surface area contributed by atoms with Crippen molar-refractivity contribution >= 4 is 5.91 Å². The molecule has 1 aromatic rings. The monoisotopic (exact) mass is 332 g/mol. The molecule has 2 heterocycles. The van der Waals surface area contributed by atoms with Crippen LogP contribution in [0.5, 0.6) is 5.75 Å². The van der Waals surface area contributed by atoms with Gasteiger partial charge in [0.05, 0.1) is 13.2 Å². The Hall–Kier alpha value is -1.59. The number of piperidine rings is 1. The number of likely N-dealkylation sites (tertiary alicyclic amines) is 1. The summed E-state index contributed by atoms with van der Waals surface area (Å²) in [4.78, 5) is 14.5. The van der Waals surface area contributed by atoms with Crippen LogP contribution in [0.3, 0.4) is 0 Å². The molecular weight excluding hydrogens is 304 g/mol. The maximum Gasteiger partial charge on any atom is 0.251 e. The number of hydrogen-bond acceptors (Lipinski definition) is 4. The molecule has 1 aromatic carbocycles. The standard InChI is InChI=1S/C19H28N2O3/c1-23-16-4-2-14(3-5-16)12-15-8-10-21(11-9-15)19(22)18-7-6-17(13-20)24-18/h2-5,15,17-18H,6-13,20H2,1H3/t17-,18+/m1/s1. The lowest BCUT2D eigenvalue weighted by Crippen LogP contribution is -2.44. The molecule has 132 valence electrons. The molecule has 2 fully saturated rings. The highest BCUT2D eigenvalue weighted by Gasteiger charge is 2.34. The van der Waals surface area contributed by atoms with Crippen LogP contribution in [0, 0.1) is 5.92 Å². The first-order valence-electron chi connectivity index (χ1n) is 8.97. The highest BCUT2D eigenvalue weighted by Crippen LogP contribution is 2.26. The van der Waals surface area contributed by atoms with E-state index in [2.05, 4.69) is 12.1 Å². The largest absolute Gasteiger partial charge is 0.497 e. The summed E-state index contributed by atoms with van der Waals surface area (Å²) in [7, 11) is 1.69. The van der Waals surface area contributed by atoms with Gasteiger partial charge in [-0.3, -0.25) is 4.79 Å². The number of carbonyl (C=O) groups is 1. The van der Waals surface area contributed by atoms with Gasteiger partial charge in [-0.2, -0.15) is 0 Å². The first-order chi connectivity index (χ1) is 11.7. The normalized spacial score (nSPS) is 25.0. The third-order valence-corrected chi connectivity index (χ3v) is 5.26. The number of nitrogens with two attached hydrogens (primary N) is 1. The van der Waals surface area contributed by atoms with Crippen molar-refractivity contribution in [2.75, 3.05) is 26.7 Å². The molecule has 24 heavy (non-hydrogen) atoms. The molecule has 5 heteroatoms. The molecule has 0 aromatic heterocycles. The molecule has 0 aliphatic carbocycles. The van der Waals surface area contributed by atoms with Gasteiger partial charge in [-0.1, -0.05) is 12.1 Å². The predicted octanol–water partition coefficient (Wildman–Crippen LogP) is 1.98. The Morgan fingerprint density at radius 3 is 2.50 bits per heavy atom. The van der Waals surface area contributed by atoms with Gasteiger partial charge in [-0.15, -0.1) is 0 Å². The molecule has 2 aliphatic rings. The number of ether oxygens (including phenoxy) is 2. The number of methoxy groups -OCH3 is 1. The van der Waals surface area contributed by atoms with Crippen LogP contribution in [-0.2, 0) is 16.0 Å². The Bertz CT molecular complexity index is 538. The van der Waals surface area contributed by atoms with Crippen LogP contribution in [0.4, 0.5) is 0 Å². The molecule has 0 radical (unpaired) electrons. The lowest BCUT2D eigenvalue weighted by molar-refractivity contribution is -0.144. The van der Waals surface area contributed by atoms with Crippen molar-refractivity contribution in [3.63, 3.8) is 0 Å². The Labute approximate surface area is 144 Å². The zero-order chi connectivity index (χ0) is 16.9. The van der Waals surface area contributed by atoms with Crippen molar-refractivity contribution in [1.82, 2.24) is 4.90 Å². The van der Waals surface area contributed by atoms with Crippen molar-refractivity contribution in [2.45, 2.75) is 44.3 Å². The summed E-state index contributed by atoms with van der Waals surface area (Å²) in [6.45, 7) is 2.19. The number of benzene rings is 1. The summed E-state index contributed by atoms with van der Waals surface area (Å²) in [6, 6.07) is 8.30. The lowest BCUT2D eigenvalue weighted by atomic mass is 9.90. The van der Waals surface area contributed by atoms with E-state index in [0.717, 1.165) is 50.9 Å². The smallest absolute Gasteiger partial charge is 0.251 e. The molecule has 2 N–H and O–H groups in total. The number of rotatable bonds is 5. The van der Waals surface area contributed by atoms with Gasteiger partial charge in [0.1, 0.15) is 11.9 Å². The molecule has 0 unspecified atom stereocenters. The van der Waals surface area contributed by atoms with Crippen LogP contribution in [0.25, 0.3) is 0 Å². The van der Waals surface area contributed by atoms with Crippen molar-refractivity contribution < 1.29 is 14.3 Å². The average Bonchev–Trinajstić information content (AvgIpc) is 3.11. The molecular formula is C19H28N2O3. The van der Waals surface area contributed by atoms with E-state index in [4.69, 9.17) is 15.2 Å². The molecule has 2 aliphatic heterocycles. The second kappa shape index (κ2) is 7.99. The molecule has 0 bridgehead atoms. The number of amides is 1. The van der Waals surface area contributed by atoms with E-state index in [-0.39, 0.29) is 18.1 Å². The zero-order valence-electron chi connectivity index (χ0n) is 14.4. The second-order valence-corrected chi connectivity index (χ2v) is 6.88. The number of carbonyl (C=O) groups excluding carboxylic acids is 1. The highest BCUT2D eigenvalue weighted by molar-refractivity contribution is 5.81. The van der Waals surface area contributed by atoms with Crippen LogP contribution in [0.2, 0.25) is 0 Å². The average molecular weight is 332 g/mol. The highest BCUT2D eigenvalue weighted by atomic mass is 16.5. The van der Waals surface area contributed by atoms with Crippen molar-refractivity contribution in [3.8, 4) is 5.75 Å². The fourth-order valence-corrected chi connectivity index (χ4v) is 3.72. The van der Waals surface area contributed by atoms with Gasteiger partial charge >= 0.3 is 0 Å². The minimum absolute atomic E-state index is 0.0616. The zero-order valence-corrected chi connectivity index (χ0v) is 14.4. The summed E-state index contributed by atoms with van der Waals surface area (Å²) in [5, 5.41) is 0. The fourth-order valence-electron chi connectivity index (χ4n) is 3.72. The summed E-state index contributed by atoms with van der Waals surface area (Å²) in [6.07, 6.45) is 4.70.